The highest BCUT2D eigenvalue weighted by atomic mass is 15.0. The Labute approximate surface area is 316 Å². The molecule has 3 heterocycles. The predicted molar refractivity (Wildman–Crippen MR) is 224 cm³/mol. The van der Waals surface area contributed by atoms with Crippen LogP contribution in [0.4, 0.5) is 0 Å². The first-order valence-electron chi connectivity index (χ1n) is 18.3. The van der Waals surface area contributed by atoms with Crippen LogP contribution in [0, 0.1) is 22.7 Å². The van der Waals surface area contributed by atoms with Crippen LogP contribution >= 0.6 is 0 Å². The summed E-state index contributed by atoms with van der Waals surface area (Å²) in [6.07, 6.45) is 0. The van der Waals surface area contributed by atoms with Crippen LogP contribution in [0.5, 0.6) is 0 Å². The van der Waals surface area contributed by atoms with Gasteiger partial charge in [0.15, 0.2) is 0 Å². The molecule has 0 saturated heterocycles. The lowest BCUT2D eigenvalue weighted by Gasteiger charge is -2.19. The highest BCUT2D eigenvalue weighted by molar-refractivity contribution is 6.17. The predicted octanol–water partition coefficient (Wildman–Crippen LogP) is 12.4. The van der Waals surface area contributed by atoms with E-state index in [1.807, 2.05) is 48.5 Å². The van der Waals surface area contributed by atoms with Crippen LogP contribution in [0.15, 0.2) is 176 Å². The van der Waals surface area contributed by atoms with E-state index in [0.29, 0.717) is 11.1 Å². The van der Waals surface area contributed by atoms with Crippen molar-refractivity contribution >= 4 is 65.4 Å². The summed E-state index contributed by atoms with van der Waals surface area (Å²) < 4.78 is 7.00. The molecular weight excluding hydrogens is 671 g/mol. The Balaban J connectivity index is 1.24. The molecule has 0 N–H and O–H groups in total. The number of hydrogen-bond donors (Lipinski definition) is 0. The summed E-state index contributed by atoms with van der Waals surface area (Å²) in [5.74, 6) is 0. The van der Waals surface area contributed by atoms with Crippen molar-refractivity contribution < 1.29 is 0 Å². The molecule has 8 aromatic carbocycles. The van der Waals surface area contributed by atoms with Gasteiger partial charge in [0.2, 0.25) is 0 Å². The van der Waals surface area contributed by atoms with Crippen molar-refractivity contribution in [1.82, 2.24) is 13.7 Å². The van der Waals surface area contributed by atoms with Crippen LogP contribution in [-0.4, -0.2) is 13.7 Å². The normalized spacial score (nSPS) is 11.6. The van der Waals surface area contributed by atoms with Gasteiger partial charge in [0.25, 0.3) is 0 Å². The number of para-hydroxylation sites is 5. The van der Waals surface area contributed by atoms with Gasteiger partial charge in [-0.3, -0.25) is 0 Å². The molecule has 3 aromatic heterocycles. The number of aromatic nitrogens is 3. The summed E-state index contributed by atoms with van der Waals surface area (Å²) in [6, 6.07) is 65.9. The molecule has 5 heteroatoms. The monoisotopic (exact) mass is 699 g/mol. The largest absolute Gasteiger partial charge is 0.309 e. The molecule has 254 valence electrons. The van der Waals surface area contributed by atoms with Crippen molar-refractivity contribution in [3.05, 3.63) is 187 Å². The third kappa shape index (κ3) is 4.33. The fourth-order valence-electron chi connectivity index (χ4n) is 8.91. The second kappa shape index (κ2) is 11.8. The molecule has 0 amide bonds. The van der Waals surface area contributed by atoms with Gasteiger partial charge in [-0.25, -0.2) is 0 Å². The number of nitrogens with zero attached hydrogens (tertiary/aromatic N) is 5. The second-order valence-corrected chi connectivity index (χ2v) is 13.9. The minimum absolute atomic E-state index is 0.585. The van der Waals surface area contributed by atoms with Gasteiger partial charge >= 0.3 is 0 Å². The molecule has 0 radical (unpaired) electrons. The average Bonchev–Trinajstić information content (AvgIpc) is 3.89. The minimum Gasteiger partial charge on any atom is -0.309 e. The topological polar surface area (TPSA) is 62.4 Å². The molecule has 0 bridgehead atoms. The maximum absolute atomic E-state index is 10.8. The summed E-state index contributed by atoms with van der Waals surface area (Å²) in [5, 5.41) is 27.4. The maximum Gasteiger partial charge on any atom is 0.0998 e. The number of hydrogen-bond acceptors (Lipinski definition) is 2. The molecule has 11 aromatic rings. The van der Waals surface area contributed by atoms with Gasteiger partial charge in [-0.2, -0.15) is 10.5 Å². The van der Waals surface area contributed by atoms with E-state index < -0.39 is 0 Å². The number of fused-ring (bicyclic) bond motifs is 9. The first-order chi connectivity index (χ1) is 27.2. The maximum atomic E-state index is 10.8. The molecular formula is C50H29N5. The molecule has 0 spiro atoms. The van der Waals surface area contributed by atoms with E-state index in [1.165, 1.54) is 10.8 Å². The minimum atomic E-state index is 0.585. The number of nitriles is 2. The van der Waals surface area contributed by atoms with Gasteiger partial charge in [0.1, 0.15) is 0 Å². The average molecular weight is 700 g/mol. The lowest BCUT2D eigenvalue weighted by molar-refractivity contribution is 1.15. The molecule has 0 unspecified atom stereocenters. The van der Waals surface area contributed by atoms with Gasteiger partial charge in [0, 0.05) is 43.4 Å². The first kappa shape index (κ1) is 30.7. The Morgan fingerprint density at radius 1 is 0.345 bits per heavy atom. The van der Waals surface area contributed by atoms with E-state index in [1.54, 1.807) is 0 Å². The Morgan fingerprint density at radius 3 is 1.49 bits per heavy atom. The zero-order valence-electron chi connectivity index (χ0n) is 29.5. The molecule has 0 saturated carbocycles. The smallest absolute Gasteiger partial charge is 0.0998 e. The summed E-state index contributed by atoms with van der Waals surface area (Å²) in [6.45, 7) is 0. The Kier molecular flexibility index (Phi) is 6.61. The van der Waals surface area contributed by atoms with Gasteiger partial charge in [-0.1, -0.05) is 103 Å². The van der Waals surface area contributed by atoms with Crippen molar-refractivity contribution in [2.75, 3.05) is 0 Å². The highest BCUT2D eigenvalue weighted by Gasteiger charge is 2.24. The summed E-state index contributed by atoms with van der Waals surface area (Å²) in [4.78, 5) is 0. The van der Waals surface area contributed by atoms with Gasteiger partial charge < -0.3 is 13.7 Å². The van der Waals surface area contributed by atoms with E-state index in [0.717, 1.165) is 82.8 Å². The molecule has 0 aliphatic rings. The lowest BCUT2D eigenvalue weighted by Crippen LogP contribution is -2.03. The number of rotatable bonds is 4. The summed E-state index contributed by atoms with van der Waals surface area (Å²) in [7, 11) is 0. The van der Waals surface area contributed by atoms with Crippen molar-refractivity contribution in [3.63, 3.8) is 0 Å². The quantitative estimate of drug-likeness (QED) is 0.184. The van der Waals surface area contributed by atoms with Crippen molar-refractivity contribution in [2.24, 2.45) is 0 Å². The molecule has 5 nitrogen and oxygen atoms in total. The third-order valence-corrected chi connectivity index (χ3v) is 11.1. The highest BCUT2D eigenvalue weighted by Crippen LogP contribution is 2.44. The second-order valence-electron chi connectivity index (χ2n) is 13.9. The van der Waals surface area contributed by atoms with Crippen LogP contribution in [0.25, 0.3) is 93.6 Å². The zero-order valence-corrected chi connectivity index (χ0v) is 29.5. The number of benzene rings is 8. The fraction of sp³-hybridized carbons (Fsp3) is 0. The molecule has 0 aliphatic heterocycles. The fourth-order valence-corrected chi connectivity index (χ4v) is 8.91. The van der Waals surface area contributed by atoms with Crippen molar-refractivity contribution in [2.45, 2.75) is 0 Å². The third-order valence-electron chi connectivity index (χ3n) is 11.1. The van der Waals surface area contributed by atoms with Crippen LogP contribution in [0.1, 0.15) is 11.1 Å². The molecule has 0 atom stereocenters. The Morgan fingerprint density at radius 2 is 0.818 bits per heavy atom. The summed E-state index contributed by atoms with van der Waals surface area (Å²) in [5.41, 5.74) is 12.4. The van der Waals surface area contributed by atoms with Crippen LogP contribution in [-0.2, 0) is 0 Å². The zero-order chi connectivity index (χ0) is 36.6. The van der Waals surface area contributed by atoms with Gasteiger partial charge in [-0.05, 0) is 72.8 Å². The van der Waals surface area contributed by atoms with Crippen molar-refractivity contribution in [3.8, 4) is 40.3 Å². The first-order valence-corrected chi connectivity index (χ1v) is 18.3. The van der Waals surface area contributed by atoms with E-state index in [4.69, 9.17) is 0 Å². The lowest BCUT2D eigenvalue weighted by atomic mass is 9.96. The van der Waals surface area contributed by atoms with E-state index >= 15 is 0 Å². The van der Waals surface area contributed by atoms with Crippen molar-refractivity contribution in [1.29, 1.82) is 10.5 Å². The van der Waals surface area contributed by atoms with Gasteiger partial charge in [0.05, 0.1) is 73.4 Å². The molecule has 0 fully saturated rings. The van der Waals surface area contributed by atoms with E-state index in [9.17, 15) is 10.5 Å². The molecule has 11 rings (SSSR count). The van der Waals surface area contributed by atoms with Crippen LogP contribution in [0.2, 0.25) is 0 Å². The van der Waals surface area contributed by atoms with Gasteiger partial charge in [-0.15, -0.1) is 0 Å². The SMILES string of the molecule is N#Cc1ccc2c(c1)c1ccccc1n2-c1ccccc1-c1c(C#N)cccc1-n1c2ccccc2c2c(-n3c4ccccc4c4ccccc43)cccc21. The standard InChI is InChI=1S/C50H29N5/c51-30-32-27-28-45-39(29-32)36-16-3-8-21-42(36)53(45)43-22-9-4-17-37(43)49-33(31-52)13-11-24-46(49)55-44-23-10-5-18-38(44)50-47(25-12-26-48(50)55)54-40-19-6-1-14-34(40)35-15-2-7-20-41(35)54/h1-29H. The Hall–Kier alpha value is -7.86. The van der Waals surface area contributed by atoms with Crippen LogP contribution < -0.4 is 0 Å². The van der Waals surface area contributed by atoms with E-state index in [2.05, 4.69) is 153 Å². The summed E-state index contributed by atoms with van der Waals surface area (Å²) >= 11 is 0. The Bertz CT molecular complexity index is 3420. The van der Waals surface area contributed by atoms with E-state index in [-0.39, 0.29) is 0 Å². The molecule has 55 heavy (non-hydrogen) atoms. The van der Waals surface area contributed by atoms with Crippen LogP contribution in [0.3, 0.4) is 0 Å². The molecule has 0 aliphatic carbocycles.